The molecule has 16 radical (unpaired) electrons. The van der Waals surface area contributed by atoms with Crippen LogP contribution in [-0.2, 0) is 4.79 Å². The van der Waals surface area contributed by atoms with Crippen LogP contribution in [0.4, 0.5) is 0 Å². The number of pyridine rings is 1. The molecule has 0 aliphatic rings. The highest BCUT2D eigenvalue weighted by Crippen LogP contribution is 2.19. The summed E-state index contributed by atoms with van der Waals surface area (Å²) in [4.78, 5) is 27.1. The number of aromatic hydroxyl groups is 1. The number of carbonyl (C=O) groups excluding carboxylic acids is 1. The zero-order chi connectivity index (χ0) is 23.1. The molecule has 1 atom stereocenters. The van der Waals surface area contributed by atoms with Gasteiger partial charge in [-0.2, -0.15) is 5.26 Å². The van der Waals surface area contributed by atoms with Gasteiger partial charge in [0.05, 0.1) is 12.0 Å². The van der Waals surface area contributed by atoms with Crippen LogP contribution in [0.2, 0.25) is 0 Å². The fourth-order valence-electron chi connectivity index (χ4n) is 2.61. The molecule has 15 heteroatoms. The Morgan fingerprint density at radius 2 is 1.53 bits per heavy atom. The molecule has 2 aromatic rings. The van der Waals surface area contributed by atoms with E-state index < -0.39 is 40.3 Å². The number of nitrogens with zero attached hydrogens (tertiary/aromatic N) is 3. The Morgan fingerprint density at radius 1 is 0.967 bits per heavy atom. The third kappa shape index (κ3) is 3.67. The van der Waals surface area contributed by atoms with Gasteiger partial charge in [0.2, 0.25) is 7.98 Å². The van der Waals surface area contributed by atoms with Crippen molar-refractivity contribution in [3.63, 3.8) is 0 Å². The number of hydrogen-bond acceptors (Lipinski definition) is 5. The first-order valence-electron chi connectivity index (χ1n) is 7.87. The number of carboxylic acids is 1. The van der Waals surface area contributed by atoms with Crippen molar-refractivity contribution in [3.05, 3.63) is 11.3 Å². The van der Waals surface area contributed by atoms with Crippen LogP contribution in [0.1, 0.15) is 16.1 Å². The van der Waals surface area contributed by atoms with Crippen LogP contribution in [0.25, 0.3) is 11.1 Å². The molecule has 2 N–H and O–H groups in total. The summed E-state index contributed by atoms with van der Waals surface area (Å²) in [5.41, 5.74) is -3.13. The molecule has 1 aromatic heterocycles. The number of hydrogen-bond donors (Lipinski definition) is 2. The van der Waals surface area contributed by atoms with Crippen molar-refractivity contribution in [1.29, 1.82) is 5.26 Å². The number of nitriles is 1. The van der Waals surface area contributed by atoms with Crippen molar-refractivity contribution in [3.8, 4) is 22.9 Å². The highest BCUT2D eigenvalue weighted by atomic mass is 16.4. The molecule has 0 aliphatic carbocycles. The van der Waals surface area contributed by atoms with Gasteiger partial charge in [-0.1, -0.05) is 16.4 Å². The molecule has 1 aromatic carbocycles. The number of aliphatic carboxylic acids is 1. The fraction of sp³-hybridized carbons (Fsp3) is 0.0667. The van der Waals surface area contributed by atoms with Crippen molar-refractivity contribution in [1.82, 2.24) is 9.79 Å². The Balaban J connectivity index is 2.79. The summed E-state index contributed by atoms with van der Waals surface area (Å²) in [6.07, 6.45) is 0. The Kier molecular flexibility index (Phi) is 6.60. The first-order valence-corrected chi connectivity index (χ1v) is 7.87. The van der Waals surface area contributed by atoms with Crippen molar-refractivity contribution in [2.45, 2.75) is 5.94 Å². The molecular weight excluding hydrogens is 373 g/mol. The summed E-state index contributed by atoms with van der Waals surface area (Å²) in [6.45, 7) is 0. The van der Waals surface area contributed by atoms with Gasteiger partial charge in [0.15, 0.2) is 5.69 Å². The van der Waals surface area contributed by atoms with E-state index in [0.717, 1.165) is 0 Å². The summed E-state index contributed by atoms with van der Waals surface area (Å²) >= 11 is 0. The molecule has 1 unspecified atom stereocenters. The number of carboxylic acid groups (broad SMARTS) is 1. The molecule has 2 rings (SSSR count). The molecule has 7 nitrogen and oxygen atoms in total. The van der Waals surface area contributed by atoms with Gasteiger partial charge in [0.25, 0.3) is 5.91 Å². The largest absolute Gasteiger partial charge is 0.506 e. The Bertz CT molecular complexity index is 1130. The second-order valence-electron chi connectivity index (χ2n) is 5.99. The molecule has 0 bridgehead atoms. The van der Waals surface area contributed by atoms with E-state index in [0.29, 0.717) is 0 Å². The first kappa shape index (κ1) is 23.4. The lowest BCUT2D eigenvalue weighted by Crippen LogP contribution is -2.48. The lowest BCUT2D eigenvalue weighted by molar-refractivity contribution is -0.138. The smallest absolute Gasteiger partial charge is 0.315 e. The van der Waals surface area contributed by atoms with E-state index in [1.54, 1.807) is 6.07 Å². The normalized spacial score (nSPS) is 11.4. The van der Waals surface area contributed by atoms with Crippen LogP contribution < -0.4 is 32.9 Å². The Labute approximate surface area is 182 Å². The molecule has 126 valence electrons. The predicted octanol–water partition coefficient (Wildman–Crippen LogP) is -6.81. The standard InChI is InChI=1S/C15H3B8N3O4/c16-5-2(1-24)6(17)9(20)7(18)3(5)4-8(19)11(27)10(25-12(4)21)14(28)26(23)13(22)15(29)30/h13,27H,(H,29,30). The summed E-state index contributed by atoms with van der Waals surface area (Å²) in [6, 6.07) is 1.77. The van der Waals surface area contributed by atoms with Gasteiger partial charge in [-0.25, -0.2) is 0 Å². The SMILES string of the molecule is [B]c1nc(C(=O)N([B])C([B])C(=O)O)c(O)c([B])c1-c1c([B])c([B])c([B])c(C#N)c1[B]. The van der Waals surface area contributed by atoms with Gasteiger partial charge in [0.1, 0.15) is 60.7 Å². The number of aromatic nitrogens is 1. The van der Waals surface area contributed by atoms with E-state index in [9.17, 15) is 20.0 Å². The van der Waals surface area contributed by atoms with Crippen LogP contribution in [0, 0.1) is 11.3 Å². The van der Waals surface area contributed by atoms with E-state index in [1.165, 1.54) is 0 Å². The van der Waals surface area contributed by atoms with E-state index in [-0.39, 0.29) is 43.4 Å². The molecule has 0 spiro atoms. The second-order valence-corrected chi connectivity index (χ2v) is 5.99. The maximum Gasteiger partial charge on any atom is 0.315 e. The average molecular weight is 376 g/mol. The average Bonchev–Trinajstić information content (AvgIpc) is 2.70. The van der Waals surface area contributed by atoms with Crippen LogP contribution in [0.3, 0.4) is 0 Å². The van der Waals surface area contributed by atoms with E-state index >= 15 is 0 Å². The maximum absolute atomic E-state index is 12.4. The minimum atomic E-state index is -1.94. The molecular formula is C15H3B8N3O4. The molecule has 30 heavy (non-hydrogen) atoms. The minimum Gasteiger partial charge on any atom is -0.506 e. The van der Waals surface area contributed by atoms with Crippen molar-refractivity contribution < 1.29 is 19.8 Å². The molecule has 0 saturated heterocycles. The van der Waals surface area contributed by atoms with Gasteiger partial charge >= 0.3 is 5.97 Å². The van der Waals surface area contributed by atoms with Crippen LogP contribution in [0.5, 0.6) is 5.75 Å². The van der Waals surface area contributed by atoms with Crippen LogP contribution in [0.15, 0.2) is 0 Å². The topological polar surface area (TPSA) is 115 Å². The molecule has 1 heterocycles. The number of carbonyl (C=O) groups is 2. The monoisotopic (exact) mass is 377 g/mol. The summed E-state index contributed by atoms with van der Waals surface area (Å²) in [5, 5.41) is 28.6. The second kappa shape index (κ2) is 8.47. The number of amides is 1. The zero-order valence-corrected chi connectivity index (χ0v) is 15.2. The van der Waals surface area contributed by atoms with Crippen molar-refractivity contribution >= 4 is 108 Å². The highest BCUT2D eigenvalue weighted by molar-refractivity contribution is 6.63. The summed E-state index contributed by atoms with van der Waals surface area (Å²) in [7, 11) is 45.9. The molecule has 0 fully saturated rings. The molecule has 0 aliphatic heterocycles. The zero-order valence-electron chi connectivity index (χ0n) is 15.2. The van der Waals surface area contributed by atoms with Crippen LogP contribution >= 0.6 is 0 Å². The van der Waals surface area contributed by atoms with Crippen LogP contribution in [-0.4, -0.2) is 101 Å². The lowest BCUT2D eigenvalue weighted by atomic mass is 9.61. The minimum absolute atomic E-state index is 0.112. The van der Waals surface area contributed by atoms with Crippen molar-refractivity contribution in [2.75, 3.05) is 0 Å². The van der Waals surface area contributed by atoms with E-state index in [4.69, 9.17) is 68.0 Å². The lowest BCUT2D eigenvalue weighted by Gasteiger charge is -2.26. The summed E-state index contributed by atoms with van der Waals surface area (Å²) < 4.78 is 0. The van der Waals surface area contributed by atoms with Gasteiger partial charge in [0, 0.05) is 5.56 Å². The Morgan fingerprint density at radius 3 is 2.03 bits per heavy atom. The maximum atomic E-state index is 12.4. The highest BCUT2D eigenvalue weighted by Gasteiger charge is 2.28. The van der Waals surface area contributed by atoms with Gasteiger partial charge in [-0.3, -0.25) is 14.6 Å². The van der Waals surface area contributed by atoms with Crippen molar-refractivity contribution in [2.24, 2.45) is 0 Å². The first-order chi connectivity index (χ1) is 13.9. The predicted molar refractivity (Wildman–Crippen MR) is 117 cm³/mol. The third-order valence-corrected chi connectivity index (χ3v) is 4.25. The van der Waals surface area contributed by atoms with Gasteiger partial charge < -0.3 is 15.0 Å². The van der Waals surface area contributed by atoms with Gasteiger partial charge in [-0.15, -0.1) is 5.46 Å². The molecule has 0 saturated carbocycles. The number of rotatable bonds is 4. The summed E-state index contributed by atoms with van der Waals surface area (Å²) in [5.74, 6) is -5.76. The number of benzene rings is 1. The van der Waals surface area contributed by atoms with Gasteiger partial charge in [-0.05, 0) is 22.2 Å². The Hall–Kier alpha value is -2.88. The quantitative estimate of drug-likeness (QED) is 0.513. The van der Waals surface area contributed by atoms with E-state index in [2.05, 4.69) is 4.98 Å². The molecule has 1 amide bonds. The van der Waals surface area contributed by atoms with E-state index in [1.807, 2.05) is 0 Å². The third-order valence-electron chi connectivity index (χ3n) is 4.25. The fourth-order valence-corrected chi connectivity index (χ4v) is 2.61.